The Labute approximate surface area is 205 Å². The van der Waals surface area contributed by atoms with E-state index in [9.17, 15) is 9.59 Å². The van der Waals surface area contributed by atoms with E-state index in [1.807, 2.05) is 42.2 Å². The van der Waals surface area contributed by atoms with Gasteiger partial charge >= 0.3 is 0 Å². The highest BCUT2D eigenvalue weighted by atomic mass is 32.1. The van der Waals surface area contributed by atoms with E-state index in [1.165, 1.54) is 0 Å². The Morgan fingerprint density at radius 2 is 2.03 bits per heavy atom. The fraction of sp³-hybridized carbons (Fsp3) is 0.423. The number of ether oxygens (including phenoxy) is 3. The van der Waals surface area contributed by atoms with Gasteiger partial charge < -0.3 is 24.4 Å². The van der Waals surface area contributed by atoms with Crippen molar-refractivity contribution >= 4 is 34.8 Å². The van der Waals surface area contributed by atoms with Crippen molar-refractivity contribution in [1.82, 2.24) is 4.90 Å². The first kappa shape index (κ1) is 24.0. The molecule has 180 valence electrons. The molecule has 8 heteroatoms. The fourth-order valence-electron chi connectivity index (χ4n) is 4.31. The highest BCUT2D eigenvalue weighted by molar-refractivity contribution is 7.80. The molecule has 0 bridgehead atoms. The monoisotopic (exact) mass is 482 g/mol. The number of hydrogen-bond acceptors (Lipinski definition) is 6. The van der Waals surface area contributed by atoms with E-state index in [0.29, 0.717) is 54.0 Å². The van der Waals surface area contributed by atoms with Crippen LogP contribution in [0.5, 0.6) is 11.5 Å². The smallest absolute Gasteiger partial charge is 0.257 e. The van der Waals surface area contributed by atoms with Gasteiger partial charge in [0.2, 0.25) is 5.91 Å². The number of rotatable bonds is 10. The van der Waals surface area contributed by atoms with E-state index < -0.39 is 0 Å². The van der Waals surface area contributed by atoms with Crippen LogP contribution < -0.4 is 14.8 Å². The van der Waals surface area contributed by atoms with Crippen molar-refractivity contribution in [3.05, 3.63) is 53.1 Å². The van der Waals surface area contributed by atoms with Gasteiger partial charge in [0.15, 0.2) is 16.5 Å². The van der Waals surface area contributed by atoms with Crippen LogP contribution in [0, 0.1) is 5.92 Å². The van der Waals surface area contributed by atoms with Gasteiger partial charge in [0.25, 0.3) is 5.91 Å². The van der Waals surface area contributed by atoms with E-state index in [0.717, 1.165) is 24.0 Å². The number of carbonyl (C=O) groups is 2. The second-order valence-corrected chi connectivity index (χ2v) is 9.10. The molecule has 1 aliphatic heterocycles. The van der Waals surface area contributed by atoms with Gasteiger partial charge in [0.05, 0.1) is 37.6 Å². The molecule has 2 aromatic rings. The maximum absolute atomic E-state index is 13.7. The topological polar surface area (TPSA) is 77.1 Å². The average Bonchev–Trinajstić information content (AvgIpc) is 3.61. The zero-order valence-corrected chi connectivity index (χ0v) is 20.6. The molecule has 0 radical (unpaired) electrons. The Kier molecular flexibility index (Phi) is 7.36. The van der Waals surface area contributed by atoms with Gasteiger partial charge in [-0.3, -0.25) is 9.59 Å². The third kappa shape index (κ3) is 5.17. The standard InChI is InChI=1S/C26H30N2O5S/c1-4-32-23-14-18(10-11-22(23)31-3)21(12-13-33-16(2)34)28-15-19-6-5-7-20(24(19)26(28)30)27-25(29)17-8-9-17/h5-7,10-11,14,17,21H,4,8-9,12-13,15H2,1-3H3,(H,27,29)/t21-/m1/s1. The minimum atomic E-state index is -0.272. The molecule has 1 heterocycles. The van der Waals surface area contributed by atoms with Crippen LogP contribution >= 0.6 is 12.2 Å². The number of hydrogen-bond donors (Lipinski definition) is 1. The molecular weight excluding hydrogens is 452 g/mol. The summed E-state index contributed by atoms with van der Waals surface area (Å²) in [5.74, 6) is 1.19. The van der Waals surface area contributed by atoms with Gasteiger partial charge in [-0.05, 0) is 61.3 Å². The molecule has 2 amide bonds. The Bertz CT molecular complexity index is 1100. The molecule has 0 aromatic heterocycles. The lowest BCUT2D eigenvalue weighted by Gasteiger charge is -2.29. The van der Waals surface area contributed by atoms with Gasteiger partial charge in [-0.15, -0.1) is 0 Å². The van der Waals surface area contributed by atoms with Crippen molar-refractivity contribution < 1.29 is 23.8 Å². The van der Waals surface area contributed by atoms with E-state index in [1.54, 1.807) is 20.1 Å². The fourth-order valence-corrected chi connectivity index (χ4v) is 4.39. The molecule has 0 unspecified atom stereocenters. The zero-order chi connectivity index (χ0) is 24.2. The van der Waals surface area contributed by atoms with Crippen molar-refractivity contribution in [2.75, 3.05) is 25.6 Å². The first-order chi connectivity index (χ1) is 16.4. The van der Waals surface area contributed by atoms with Crippen molar-refractivity contribution in [2.45, 2.75) is 45.7 Å². The van der Waals surface area contributed by atoms with Crippen LogP contribution in [0.1, 0.15) is 60.6 Å². The molecule has 1 saturated carbocycles. The summed E-state index contributed by atoms with van der Waals surface area (Å²) in [4.78, 5) is 27.9. The lowest BCUT2D eigenvalue weighted by atomic mass is 10.0. The summed E-state index contributed by atoms with van der Waals surface area (Å²) in [5.41, 5.74) is 2.96. The maximum Gasteiger partial charge on any atom is 0.257 e. The van der Waals surface area contributed by atoms with Gasteiger partial charge in [0, 0.05) is 25.8 Å². The summed E-state index contributed by atoms with van der Waals surface area (Å²) >= 11 is 5.07. The van der Waals surface area contributed by atoms with Gasteiger partial charge in [0.1, 0.15) is 0 Å². The minimum Gasteiger partial charge on any atom is -0.493 e. The van der Waals surface area contributed by atoms with Gasteiger partial charge in [-0.1, -0.05) is 18.2 Å². The predicted octanol–water partition coefficient (Wildman–Crippen LogP) is 4.89. The predicted molar refractivity (Wildman–Crippen MR) is 133 cm³/mol. The molecule has 2 aliphatic rings. The number of benzene rings is 2. The summed E-state index contributed by atoms with van der Waals surface area (Å²) in [5, 5.41) is 3.43. The third-order valence-corrected chi connectivity index (χ3v) is 6.24. The number of nitrogens with zero attached hydrogens (tertiary/aromatic N) is 1. The Hall–Kier alpha value is -3.13. The van der Waals surface area contributed by atoms with E-state index in [-0.39, 0.29) is 23.8 Å². The Morgan fingerprint density at radius 1 is 1.24 bits per heavy atom. The lowest BCUT2D eigenvalue weighted by molar-refractivity contribution is -0.117. The van der Waals surface area contributed by atoms with Crippen LogP contribution in [0.25, 0.3) is 0 Å². The lowest BCUT2D eigenvalue weighted by Crippen LogP contribution is -2.30. The SMILES string of the molecule is CCOc1cc([C@@H](CCOC(C)=S)N2Cc3cccc(NC(=O)C4CC4)c3C2=O)ccc1OC. The summed E-state index contributed by atoms with van der Waals surface area (Å²) in [7, 11) is 1.60. The largest absolute Gasteiger partial charge is 0.493 e. The van der Waals surface area contributed by atoms with E-state index >= 15 is 0 Å². The third-order valence-electron chi connectivity index (χ3n) is 6.12. The quantitative estimate of drug-likeness (QED) is 0.486. The second-order valence-electron chi connectivity index (χ2n) is 8.52. The molecule has 4 rings (SSSR count). The molecule has 1 fully saturated rings. The molecule has 1 atom stereocenters. The molecule has 7 nitrogen and oxygen atoms in total. The maximum atomic E-state index is 13.7. The molecule has 0 spiro atoms. The second kappa shape index (κ2) is 10.4. The van der Waals surface area contributed by atoms with Crippen molar-refractivity contribution in [2.24, 2.45) is 5.92 Å². The van der Waals surface area contributed by atoms with Crippen molar-refractivity contribution in [3.8, 4) is 11.5 Å². The number of carbonyl (C=O) groups excluding carboxylic acids is 2. The summed E-state index contributed by atoms with van der Waals surface area (Å²) in [6.45, 7) is 4.96. The first-order valence-electron chi connectivity index (χ1n) is 11.6. The molecule has 34 heavy (non-hydrogen) atoms. The Balaban J connectivity index is 1.65. The van der Waals surface area contributed by atoms with E-state index in [2.05, 4.69) is 5.32 Å². The highest BCUT2D eigenvalue weighted by Crippen LogP contribution is 2.40. The Morgan fingerprint density at radius 3 is 2.71 bits per heavy atom. The molecule has 1 aliphatic carbocycles. The van der Waals surface area contributed by atoms with Crippen LogP contribution in [-0.4, -0.2) is 42.1 Å². The molecule has 1 N–H and O–H groups in total. The van der Waals surface area contributed by atoms with Crippen LogP contribution in [0.15, 0.2) is 36.4 Å². The van der Waals surface area contributed by atoms with Crippen molar-refractivity contribution in [1.29, 1.82) is 0 Å². The molecule has 0 saturated heterocycles. The summed E-state index contributed by atoms with van der Waals surface area (Å²) < 4.78 is 16.8. The summed E-state index contributed by atoms with van der Waals surface area (Å²) in [6.07, 6.45) is 2.36. The number of thiocarbonyl (C=S) groups is 1. The molecular formula is C26H30N2O5S. The minimum absolute atomic E-state index is 0.0161. The average molecular weight is 483 g/mol. The number of methoxy groups -OCH3 is 1. The number of anilines is 1. The van der Waals surface area contributed by atoms with Crippen LogP contribution in [0.3, 0.4) is 0 Å². The van der Waals surface area contributed by atoms with E-state index in [4.69, 9.17) is 26.4 Å². The number of fused-ring (bicyclic) bond motifs is 1. The van der Waals surface area contributed by atoms with Crippen molar-refractivity contribution in [3.63, 3.8) is 0 Å². The zero-order valence-electron chi connectivity index (χ0n) is 19.8. The number of amides is 2. The van der Waals surface area contributed by atoms with Crippen LogP contribution in [0.2, 0.25) is 0 Å². The van der Waals surface area contributed by atoms with Crippen LogP contribution in [-0.2, 0) is 16.1 Å². The molecule has 2 aromatic carbocycles. The summed E-state index contributed by atoms with van der Waals surface area (Å²) in [6, 6.07) is 11.1. The van der Waals surface area contributed by atoms with Gasteiger partial charge in [-0.2, -0.15) is 0 Å². The normalized spacial score (nSPS) is 15.5. The van der Waals surface area contributed by atoms with Crippen LogP contribution in [0.4, 0.5) is 5.69 Å². The first-order valence-corrected chi connectivity index (χ1v) is 12.0. The van der Waals surface area contributed by atoms with Gasteiger partial charge in [-0.25, -0.2) is 0 Å². The number of nitrogens with one attached hydrogen (secondary N) is 1. The highest BCUT2D eigenvalue weighted by Gasteiger charge is 2.37.